The van der Waals surface area contributed by atoms with Crippen molar-refractivity contribution < 1.29 is 14.4 Å². The van der Waals surface area contributed by atoms with Gasteiger partial charge < -0.3 is 15.1 Å². The number of nitrogens with zero attached hydrogens (tertiary/aromatic N) is 2. The average Bonchev–Trinajstić information content (AvgIpc) is 2.85. The van der Waals surface area contributed by atoms with Crippen molar-refractivity contribution in [1.29, 1.82) is 0 Å². The van der Waals surface area contributed by atoms with Crippen molar-refractivity contribution in [2.75, 3.05) is 31.1 Å². The smallest absolute Gasteiger partial charge is 0.325 e. The number of hydrogen-bond donors (Lipinski definition) is 2. The van der Waals surface area contributed by atoms with Crippen molar-refractivity contribution in [2.24, 2.45) is 0 Å². The largest absolute Gasteiger partial charge is 0.368 e. The van der Waals surface area contributed by atoms with Gasteiger partial charge in [-0.25, -0.2) is 4.79 Å². The summed E-state index contributed by atoms with van der Waals surface area (Å²) < 4.78 is 0. The van der Waals surface area contributed by atoms with Crippen LogP contribution in [-0.2, 0) is 9.59 Å². The summed E-state index contributed by atoms with van der Waals surface area (Å²) in [4.78, 5) is 38.1. The van der Waals surface area contributed by atoms with Gasteiger partial charge in [0.05, 0.1) is 10.7 Å². The molecule has 134 valence electrons. The Morgan fingerprint density at radius 1 is 1.32 bits per heavy atom. The van der Waals surface area contributed by atoms with Gasteiger partial charge in [0.15, 0.2) is 0 Å². The Kier molecular flexibility index (Phi) is 5.34. The number of benzene rings is 1. The lowest BCUT2D eigenvalue weighted by molar-refractivity contribution is -0.122. The Morgan fingerprint density at radius 2 is 2.12 bits per heavy atom. The summed E-state index contributed by atoms with van der Waals surface area (Å²) in [6.07, 6.45) is 1.76. The van der Waals surface area contributed by atoms with E-state index in [9.17, 15) is 14.4 Å². The number of nitrogens with one attached hydrogen (secondary N) is 2. The van der Waals surface area contributed by atoms with Crippen molar-refractivity contribution in [2.45, 2.75) is 18.9 Å². The number of imide groups is 1. The molecule has 25 heavy (non-hydrogen) atoms. The van der Waals surface area contributed by atoms with Crippen LogP contribution in [0.5, 0.6) is 0 Å². The SMILES string of the molecule is O=C1CN(CC(=O)N[C@@H]2CCCN(c3ccc(Cl)cc3Cl)C2)C(=O)N1. The molecule has 9 heteroatoms. The minimum Gasteiger partial charge on any atom is -0.368 e. The van der Waals surface area contributed by atoms with Gasteiger partial charge >= 0.3 is 6.03 Å². The van der Waals surface area contributed by atoms with Crippen molar-refractivity contribution in [3.8, 4) is 0 Å². The second kappa shape index (κ2) is 7.49. The van der Waals surface area contributed by atoms with Crippen molar-refractivity contribution in [1.82, 2.24) is 15.5 Å². The first kappa shape index (κ1) is 17.8. The van der Waals surface area contributed by atoms with Crippen molar-refractivity contribution >= 4 is 46.7 Å². The second-order valence-corrected chi connectivity index (χ2v) is 7.00. The van der Waals surface area contributed by atoms with Crippen molar-refractivity contribution in [3.63, 3.8) is 0 Å². The third kappa shape index (κ3) is 4.35. The van der Waals surface area contributed by atoms with Gasteiger partial charge in [-0.05, 0) is 31.0 Å². The fourth-order valence-corrected chi connectivity index (χ4v) is 3.64. The van der Waals surface area contributed by atoms with Crippen LogP contribution < -0.4 is 15.5 Å². The van der Waals surface area contributed by atoms with Gasteiger partial charge in [0.2, 0.25) is 11.8 Å². The summed E-state index contributed by atoms with van der Waals surface area (Å²) in [6, 6.07) is 4.78. The number of anilines is 1. The van der Waals surface area contributed by atoms with E-state index in [1.54, 1.807) is 12.1 Å². The molecule has 2 fully saturated rings. The maximum absolute atomic E-state index is 12.2. The molecule has 0 bridgehead atoms. The maximum atomic E-state index is 12.2. The zero-order valence-corrected chi connectivity index (χ0v) is 14.9. The molecule has 1 atom stereocenters. The van der Waals surface area contributed by atoms with E-state index in [1.165, 1.54) is 4.90 Å². The second-order valence-electron chi connectivity index (χ2n) is 6.16. The van der Waals surface area contributed by atoms with Crippen LogP contribution in [0, 0.1) is 0 Å². The van der Waals surface area contributed by atoms with E-state index < -0.39 is 6.03 Å². The van der Waals surface area contributed by atoms with E-state index in [4.69, 9.17) is 23.2 Å². The van der Waals surface area contributed by atoms with Gasteiger partial charge in [-0.2, -0.15) is 0 Å². The van der Waals surface area contributed by atoms with Crippen molar-refractivity contribution in [3.05, 3.63) is 28.2 Å². The zero-order chi connectivity index (χ0) is 18.0. The quantitative estimate of drug-likeness (QED) is 0.772. The minimum atomic E-state index is -0.529. The highest BCUT2D eigenvalue weighted by Crippen LogP contribution is 2.30. The summed E-state index contributed by atoms with van der Waals surface area (Å²) in [5.41, 5.74) is 0.884. The number of halogens is 2. The third-order valence-corrected chi connectivity index (χ3v) is 4.78. The molecular weight excluding hydrogens is 367 g/mol. The molecule has 2 aliphatic heterocycles. The van der Waals surface area contributed by atoms with Crippen LogP contribution in [0.25, 0.3) is 0 Å². The summed E-state index contributed by atoms with van der Waals surface area (Å²) in [6.45, 7) is 1.26. The van der Waals surface area contributed by atoms with Crippen LogP contribution in [0.4, 0.5) is 10.5 Å². The van der Waals surface area contributed by atoms with Crippen LogP contribution >= 0.6 is 23.2 Å². The van der Waals surface area contributed by atoms with Gasteiger partial charge in [-0.15, -0.1) is 0 Å². The Bertz CT molecular complexity index is 713. The number of rotatable bonds is 4. The molecule has 0 spiro atoms. The number of carbonyl (C=O) groups is 3. The van der Waals surface area contributed by atoms with E-state index in [0.717, 1.165) is 25.1 Å². The van der Waals surface area contributed by atoms with Gasteiger partial charge in [-0.3, -0.25) is 14.9 Å². The fraction of sp³-hybridized carbons (Fsp3) is 0.438. The number of urea groups is 1. The molecule has 0 unspecified atom stereocenters. The number of piperidine rings is 1. The van der Waals surface area contributed by atoms with Crippen LogP contribution in [0.1, 0.15) is 12.8 Å². The topological polar surface area (TPSA) is 81.8 Å². The van der Waals surface area contributed by atoms with E-state index in [2.05, 4.69) is 15.5 Å². The van der Waals surface area contributed by atoms with Crippen LogP contribution in [-0.4, -0.2) is 55.0 Å². The summed E-state index contributed by atoms with van der Waals surface area (Å²) in [5, 5.41) is 6.23. The van der Waals surface area contributed by atoms with Gasteiger partial charge in [0.25, 0.3) is 0 Å². The lowest BCUT2D eigenvalue weighted by Gasteiger charge is -2.35. The Balaban J connectivity index is 1.57. The number of amides is 4. The minimum absolute atomic E-state index is 0.0469. The third-order valence-electron chi connectivity index (χ3n) is 4.24. The summed E-state index contributed by atoms with van der Waals surface area (Å²) in [5.74, 6) is -0.669. The Morgan fingerprint density at radius 3 is 2.80 bits per heavy atom. The molecule has 3 rings (SSSR count). The van der Waals surface area contributed by atoms with E-state index in [-0.39, 0.29) is 30.9 Å². The summed E-state index contributed by atoms with van der Waals surface area (Å²) >= 11 is 12.2. The summed E-state index contributed by atoms with van der Waals surface area (Å²) in [7, 11) is 0. The monoisotopic (exact) mass is 384 g/mol. The van der Waals surface area contributed by atoms with Crippen LogP contribution in [0.15, 0.2) is 18.2 Å². The molecule has 2 aliphatic rings. The first-order chi connectivity index (χ1) is 11.9. The molecule has 1 aromatic rings. The first-order valence-electron chi connectivity index (χ1n) is 8.00. The van der Waals surface area contributed by atoms with Gasteiger partial charge in [0.1, 0.15) is 13.1 Å². The molecule has 2 saturated heterocycles. The first-order valence-corrected chi connectivity index (χ1v) is 8.76. The van der Waals surface area contributed by atoms with E-state index in [0.29, 0.717) is 16.6 Å². The highest BCUT2D eigenvalue weighted by molar-refractivity contribution is 6.36. The highest BCUT2D eigenvalue weighted by atomic mass is 35.5. The van der Waals surface area contributed by atoms with Crippen LogP contribution in [0.3, 0.4) is 0 Å². The molecule has 0 radical (unpaired) electrons. The lowest BCUT2D eigenvalue weighted by atomic mass is 10.0. The molecular formula is C16H18Cl2N4O3. The van der Waals surface area contributed by atoms with Gasteiger partial charge in [0, 0.05) is 24.2 Å². The molecule has 7 nitrogen and oxygen atoms in total. The molecule has 4 amide bonds. The molecule has 0 saturated carbocycles. The van der Waals surface area contributed by atoms with E-state index in [1.807, 2.05) is 6.07 Å². The standard InChI is InChI=1S/C16H18Cl2N4O3/c17-10-3-4-13(12(18)6-10)21-5-1-2-11(7-21)19-14(23)8-22-9-15(24)20-16(22)25/h3-4,6,11H,1-2,5,7-9H2,(H,19,23)(H,20,24,25)/t11-/m1/s1. The lowest BCUT2D eigenvalue weighted by Crippen LogP contribution is -2.50. The maximum Gasteiger partial charge on any atom is 0.325 e. The molecule has 2 heterocycles. The molecule has 0 aromatic heterocycles. The fourth-order valence-electron chi connectivity index (χ4n) is 3.11. The van der Waals surface area contributed by atoms with Gasteiger partial charge in [-0.1, -0.05) is 23.2 Å². The number of hydrogen-bond acceptors (Lipinski definition) is 4. The Labute approximate surface area is 155 Å². The molecule has 2 N–H and O–H groups in total. The van der Waals surface area contributed by atoms with E-state index >= 15 is 0 Å². The predicted molar refractivity (Wildman–Crippen MR) is 95.0 cm³/mol. The average molecular weight is 385 g/mol. The highest BCUT2D eigenvalue weighted by Gasteiger charge is 2.29. The zero-order valence-electron chi connectivity index (χ0n) is 13.4. The molecule has 0 aliphatic carbocycles. The predicted octanol–water partition coefficient (Wildman–Crippen LogP) is 1.63. The normalized spacial score (nSPS) is 20.6. The number of carbonyl (C=O) groups excluding carboxylic acids is 3. The molecule has 1 aromatic carbocycles. The van der Waals surface area contributed by atoms with Crippen LogP contribution in [0.2, 0.25) is 10.0 Å². The Hall–Kier alpha value is -1.99.